The molecule has 218 valence electrons. The maximum atomic E-state index is 14.3. The molecule has 10 heteroatoms. The predicted octanol–water partition coefficient (Wildman–Crippen LogP) is 4.13. The van der Waals surface area contributed by atoms with Gasteiger partial charge in [0.2, 0.25) is 5.91 Å². The number of esters is 1. The molecule has 1 amide bonds. The third-order valence-corrected chi connectivity index (χ3v) is 8.24. The monoisotopic (exact) mass is 564 g/mol. The summed E-state index contributed by atoms with van der Waals surface area (Å²) in [7, 11) is 0. The van der Waals surface area contributed by atoms with E-state index < -0.39 is 29.8 Å². The molecule has 9 nitrogen and oxygen atoms in total. The fourth-order valence-corrected chi connectivity index (χ4v) is 6.11. The quantitative estimate of drug-likeness (QED) is 0.315. The second-order valence-electron chi connectivity index (χ2n) is 12.2. The number of aromatic nitrogens is 1. The van der Waals surface area contributed by atoms with E-state index in [1.165, 1.54) is 19.1 Å². The summed E-state index contributed by atoms with van der Waals surface area (Å²) in [5, 5.41) is 13.8. The lowest BCUT2D eigenvalue weighted by atomic mass is 9.80. The molecule has 2 aromatic carbocycles. The molecule has 6 N–H and O–H groups in total. The molecule has 2 atom stereocenters. The number of rotatable bonds is 7. The minimum atomic E-state index is -1.08. The van der Waals surface area contributed by atoms with Gasteiger partial charge >= 0.3 is 5.97 Å². The van der Waals surface area contributed by atoms with Crippen molar-refractivity contribution in [2.75, 3.05) is 5.32 Å². The highest BCUT2D eigenvalue weighted by Gasteiger charge is 2.35. The first kappa shape index (κ1) is 28.8. The number of fused-ring (bicyclic) bond motifs is 3. The summed E-state index contributed by atoms with van der Waals surface area (Å²) in [6.07, 6.45) is 2.25. The Bertz CT molecular complexity index is 1520. The van der Waals surface area contributed by atoms with Crippen LogP contribution < -0.4 is 16.8 Å². The van der Waals surface area contributed by atoms with Gasteiger partial charge in [-0.15, -0.1) is 0 Å². The molecular formula is C31H37FN4O5. The summed E-state index contributed by atoms with van der Waals surface area (Å²) in [6, 6.07) is 8.78. The van der Waals surface area contributed by atoms with E-state index in [0.717, 1.165) is 22.2 Å². The minimum absolute atomic E-state index is 0.00181. The highest BCUT2D eigenvalue weighted by Crippen LogP contribution is 2.43. The van der Waals surface area contributed by atoms with E-state index in [1.807, 2.05) is 26.0 Å². The van der Waals surface area contributed by atoms with Crippen molar-refractivity contribution in [3.63, 3.8) is 0 Å². The van der Waals surface area contributed by atoms with Gasteiger partial charge in [-0.2, -0.15) is 0 Å². The molecular weight excluding hydrogens is 527 g/mol. The Morgan fingerprint density at radius 2 is 1.83 bits per heavy atom. The topological polar surface area (TPSA) is 150 Å². The first-order chi connectivity index (χ1) is 19.3. The van der Waals surface area contributed by atoms with Gasteiger partial charge in [0.1, 0.15) is 18.0 Å². The number of carbonyl (C=O) groups excluding carboxylic acids is 3. The molecule has 3 aromatic rings. The maximum absolute atomic E-state index is 14.3. The van der Waals surface area contributed by atoms with Gasteiger partial charge in [0, 0.05) is 34.8 Å². The number of benzene rings is 2. The van der Waals surface area contributed by atoms with Crippen LogP contribution in [0.4, 0.5) is 10.1 Å². The van der Waals surface area contributed by atoms with E-state index in [-0.39, 0.29) is 23.5 Å². The van der Waals surface area contributed by atoms with Crippen molar-refractivity contribution in [1.82, 2.24) is 4.57 Å². The third-order valence-electron chi connectivity index (χ3n) is 8.24. The second kappa shape index (κ2) is 10.9. The van der Waals surface area contributed by atoms with Crippen LogP contribution in [0, 0.1) is 11.2 Å². The highest BCUT2D eigenvalue weighted by atomic mass is 19.1. The smallest absolute Gasteiger partial charge is 0.325 e. The van der Waals surface area contributed by atoms with Gasteiger partial charge < -0.3 is 26.6 Å². The highest BCUT2D eigenvalue weighted by molar-refractivity contribution is 6.06. The lowest BCUT2D eigenvalue weighted by Crippen LogP contribution is -2.43. The molecule has 1 aliphatic heterocycles. The normalized spacial score (nSPS) is 21.7. The Labute approximate surface area is 238 Å². The van der Waals surface area contributed by atoms with Crippen molar-refractivity contribution in [2.45, 2.75) is 83.6 Å². The second-order valence-corrected chi connectivity index (χ2v) is 12.2. The molecule has 1 aliphatic carbocycles. The lowest BCUT2D eigenvalue weighted by molar-refractivity contribution is -0.154. The van der Waals surface area contributed by atoms with Gasteiger partial charge in [-0.25, -0.2) is 4.39 Å². The van der Waals surface area contributed by atoms with Crippen LogP contribution in [-0.2, 0) is 16.0 Å². The zero-order valence-electron chi connectivity index (χ0n) is 23.6. The van der Waals surface area contributed by atoms with Gasteiger partial charge in [0.25, 0.3) is 5.91 Å². The summed E-state index contributed by atoms with van der Waals surface area (Å²) < 4.78 is 21.4. The number of nitrogens with zero attached hydrogens (tertiary/aromatic N) is 1. The molecule has 41 heavy (non-hydrogen) atoms. The van der Waals surface area contributed by atoms with Gasteiger partial charge in [0.15, 0.2) is 0 Å². The van der Waals surface area contributed by atoms with Crippen molar-refractivity contribution < 1.29 is 28.6 Å². The fourth-order valence-electron chi connectivity index (χ4n) is 6.11. The number of carbonyl (C=O) groups is 3. The lowest BCUT2D eigenvalue weighted by Gasteiger charge is -2.31. The van der Waals surface area contributed by atoms with Crippen molar-refractivity contribution >= 4 is 34.4 Å². The van der Waals surface area contributed by atoms with Crippen LogP contribution in [0.5, 0.6) is 0 Å². The Morgan fingerprint density at radius 1 is 1.12 bits per heavy atom. The summed E-state index contributed by atoms with van der Waals surface area (Å²) in [5.74, 6) is -1.68. The van der Waals surface area contributed by atoms with Gasteiger partial charge in [0.05, 0.1) is 17.2 Å². The van der Waals surface area contributed by atoms with Gasteiger partial charge in [-0.1, -0.05) is 19.9 Å². The molecule has 2 aliphatic rings. The molecule has 0 saturated heterocycles. The average Bonchev–Trinajstić information content (AvgIpc) is 3.21. The number of nitrogens with one attached hydrogen (secondary N) is 1. The summed E-state index contributed by atoms with van der Waals surface area (Å²) in [4.78, 5) is 37.7. The SMILES string of the molecule is CC(O)C(N)C(=O)OC1CCC(Nc2cc(-c3c4n(c5cc(F)ccc35)C(=O)CC(C)(C)C4)ccc2C(N)=O)CC1. The maximum Gasteiger partial charge on any atom is 0.325 e. The predicted molar refractivity (Wildman–Crippen MR) is 154 cm³/mol. The van der Waals surface area contributed by atoms with E-state index in [2.05, 4.69) is 5.32 Å². The Hall–Kier alpha value is -3.76. The molecule has 2 heterocycles. The van der Waals surface area contributed by atoms with Crippen LogP contribution >= 0.6 is 0 Å². The largest absolute Gasteiger partial charge is 0.461 e. The van der Waals surface area contributed by atoms with E-state index in [1.54, 1.807) is 16.7 Å². The molecule has 5 rings (SSSR count). The van der Waals surface area contributed by atoms with E-state index in [4.69, 9.17) is 16.2 Å². The van der Waals surface area contributed by atoms with Crippen LogP contribution in [0.25, 0.3) is 22.0 Å². The van der Waals surface area contributed by atoms with Crippen molar-refractivity contribution in [1.29, 1.82) is 0 Å². The number of aliphatic hydroxyl groups excluding tert-OH is 1. The first-order valence-electron chi connectivity index (χ1n) is 14.1. The zero-order chi connectivity index (χ0) is 29.6. The van der Waals surface area contributed by atoms with Crippen LogP contribution in [-0.4, -0.2) is 51.7 Å². The molecule has 0 bridgehead atoms. The van der Waals surface area contributed by atoms with Crippen LogP contribution in [0.2, 0.25) is 0 Å². The fraction of sp³-hybridized carbons (Fsp3) is 0.452. The molecule has 2 unspecified atom stereocenters. The average molecular weight is 565 g/mol. The van der Waals surface area contributed by atoms with Crippen molar-refractivity contribution in [3.05, 3.63) is 53.5 Å². The number of hydrogen-bond donors (Lipinski definition) is 4. The minimum Gasteiger partial charge on any atom is -0.461 e. The Morgan fingerprint density at radius 3 is 2.49 bits per heavy atom. The number of amides is 1. The van der Waals surface area contributed by atoms with Gasteiger partial charge in [-0.3, -0.25) is 19.0 Å². The van der Waals surface area contributed by atoms with Gasteiger partial charge in [-0.05, 0) is 80.3 Å². The standard InChI is InChI=1S/C31H37FN4O5/c1-16(37)28(33)30(40)41-20-8-6-19(7-9-20)35-23-12-17(4-10-21(23)29(34)39)27-22-11-5-18(32)13-24(22)36-25(27)14-31(2,3)15-26(36)38/h4-5,10-13,16,19-20,28,35,37H,6-9,14-15,33H2,1-3H3,(H2,34,39). The number of primary amides is 1. The summed E-state index contributed by atoms with van der Waals surface area (Å²) in [6.45, 7) is 5.54. The van der Waals surface area contributed by atoms with Crippen LogP contribution in [0.1, 0.15) is 73.7 Å². The third kappa shape index (κ3) is 5.71. The molecule has 1 fully saturated rings. The zero-order valence-corrected chi connectivity index (χ0v) is 23.6. The first-order valence-corrected chi connectivity index (χ1v) is 14.1. The van der Waals surface area contributed by atoms with Crippen molar-refractivity contribution in [2.24, 2.45) is 16.9 Å². The molecule has 1 saturated carbocycles. The number of ether oxygens (including phenoxy) is 1. The van der Waals surface area contributed by atoms with E-state index in [9.17, 15) is 23.9 Å². The van der Waals surface area contributed by atoms with Crippen molar-refractivity contribution in [3.8, 4) is 11.1 Å². The molecule has 0 spiro atoms. The van der Waals surface area contributed by atoms with E-state index in [0.29, 0.717) is 55.3 Å². The summed E-state index contributed by atoms with van der Waals surface area (Å²) in [5.41, 5.74) is 15.1. The number of anilines is 1. The number of nitrogens with two attached hydrogens (primary N) is 2. The molecule has 0 radical (unpaired) electrons. The number of hydrogen-bond acceptors (Lipinski definition) is 7. The van der Waals surface area contributed by atoms with E-state index >= 15 is 0 Å². The van der Waals surface area contributed by atoms with Crippen LogP contribution in [0.3, 0.4) is 0 Å². The molecule has 1 aromatic heterocycles. The Kier molecular flexibility index (Phi) is 7.65. The Balaban J connectivity index is 1.45. The summed E-state index contributed by atoms with van der Waals surface area (Å²) >= 11 is 0. The number of aliphatic hydroxyl groups is 1. The van der Waals surface area contributed by atoms with Crippen LogP contribution in [0.15, 0.2) is 36.4 Å². The number of halogens is 1.